The van der Waals surface area contributed by atoms with Gasteiger partial charge in [0.2, 0.25) is 0 Å². The summed E-state index contributed by atoms with van der Waals surface area (Å²) in [6.07, 6.45) is 5.55. The van der Waals surface area contributed by atoms with E-state index in [4.69, 9.17) is 0 Å². The lowest BCUT2D eigenvalue weighted by Crippen LogP contribution is -2.60. The summed E-state index contributed by atoms with van der Waals surface area (Å²) in [6, 6.07) is 12.4. The quantitative estimate of drug-likeness (QED) is 0.884. The molecule has 3 rings (SSSR count). The molecule has 1 aliphatic carbocycles. The van der Waals surface area contributed by atoms with Crippen LogP contribution >= 0.6 is 0 Å². The lowest BCUT2D eigenvalue weighted by Gasteiger charge is -2.49. The Morgan fingerprint density at radius 3 is 2.38 bits per heavy atom. The first-order valence-electron chi connectivity index (χ1n) is 8.61. The van der Waals surface area contributed by atoms with Gasteiger partial charge in [0, 0.05) is 30.7 Å². The molecule has 21 heavy (non-hydrogen) atoms. The van der Waals surface area contributed by atoms with Gasteiger partial charge in [-0.2, -0.15) is 0 Å². The van der Waals surface area contributed by atoms with Gasteiger partial charge in [0.05, 0.1) is 0 Å². The number of nitrogens with one attached hydrogen (secondary N) is 1. The molecular weight excluding hydrogens is 256 g/mol. The van der Waals surface area contributed by atoms with Gasteiger partial charge in [-0.15, -0.1) is 0 Å². The maximum atomic E-state index is 3.74. The second-order valence-corrected chi connectivity index (χ2v) is 7.78. The Morgan fingerprint density at radius 2 is 1.71 bits per heavy atom. The van der Waals surface area contributed by atoms with E-state index in [0.29, 0.717) is 6.04 Å². The van der Waals surface area contributed by atoms with Gasteiger partial charge in [-0.3, -0.25) is 4.90 Å². The van der Waals surface area contributed by atoms with Crippen LogP contribution in [-0.4, -0.2) is 29.6 Å². The van der Waals surface area contributed by atoms with E-state index in [1.165, 1.54) is 31.2 Å². The molecule has 2 fully saturated rings. The first-order valence-corrected chi connectivity index (χ1v) is 8.61. The van der Waals surface area contributed by atoms with E-state index in [0.717, 1.165) is 25.0 Å². The van der Waals surface area contributed by atoms with Gasteiger partial charge in [0.25, 0.3) is 0 Å². The summed E-state index contributed by atoms with van der Waals surface area (Å²) < 4.78 is 0. The highest BCUT2D eigenvalue weighted by molar-refractivity contribution is 5.21. The molecule has 1 heterocycles. The molecule has 1 unspecified atom stereocenters. The molecule has 1 aliphatic heterocycles. The molecule has 0 aromatic heterocycles. The van der Waals surface area contributed by atoms with Crippen molar-refractivity contribution < 1.29 is 0 Å². The topological polar surface area (TPSA) is 15.3 Å². The van der Waals surface area contributed by atoms with Gasteiger partial charge >= 0.3 is 0 Å². The third-order valence-electron chi connectivity index (χ3n) is 5.39. The number of nitrogens with zero attached hydrogens (tertiary/aromatic N) is 1. The Morgan fingerprint density at radius 1 is 1.05 bits per heavy atom. The molecule has 1 aromatic rings. The fourth-order valence-corrected chi connectivity index (χ4v) is 4.05. The van der Waals surface area contributed by atoms with Crippen LogP contribution in [0.3, 0.4) is 0 Å². The van der Waals surface area contributed by atoms with Crippen molar-refractivity contribution in [2.45, 2.75) is 64.1 Å². The van der Waals surface area contributed by atoms with Crippen molar-refractivity contribution >= 4 is 0 Å². The van der Waals surface area contributed by atoms with E-state index < -0.39 is 0 Å². The van der Waals surface area contributed by atoms with E-state index in [1.54, 1.807) is 0 Å². The van der Waals surface area contributed by atoms with Crippen LogP contribution in [0.15, 0.2) is 30.3 Å². The molecule has 2 heteroatoms. The van der Waals surface area contributed by atoms with Crippen LogP contribution < -0.4 is 5.32 Å². The Labute approximate surface area is 129 Å². The first kappa shape index (κ1) is 15.1. The summed E-state index contributed by atoms with van der Waals surface area (Å²) in [4.78, 5) is 2.80. The first-order chi connectivity index (χ1) is 10.1. The van der Waals surface area contributed by atoms with E-state index >= 15 is 0 Å². The maximum absolute atomic E-state index is 3.74. The Hall–Kier alpha value is -0.860. The minimum absolute atomic E-state index is 0.230. The predicted octanol–water partition coefficient (Wildman–Crippen LogP) is 3.99. The highest BCUT2D eigenvalue weighted by Gasteiger charge is 2.37. The fourth-order valence-electron chi connectivity index (χ4n) is 4.05. The number of hydrogen-bond acceptors (Lipinski definition) is 2. The van der Waals surface area contributed by atoms with Crippen LogP contribution in [0, 0.1) is 5.92 Å². The van der Waals surface area contributed by atoms with Crippen molar-refractivity contribution in [1.29, 1.82) is 0 Å². The van der Waals surface area contributed by atoms with Crippen molar-refractivity contribution in [1.82, 2.24) is 10.2 Å². The standard InChI is InChI=1S/C19H30N2/c1-15-9-11-17(12-10-15)21-14-19(2,3)20-13-18(21)16-7-5-4-6-8-16/h4-8,15,17-18,20H,9-14H2,1-3H3. The van der Waals surface area contributed by atoms with E-state index in [9.17, 15) is 0 Å². The normalized spacial score (nSPS) is 33.8. The minimum Gasteiger partial charge on any atom is -0.309 e. The number of benzene rings is 1. The van der Waals surface area contributed by atoms with Crippen molar-refractivity contribution in [3.05, 3.63) is 35.9 Å². The second kappa shape index (κ2) is 6.10. The summed E-state index contributed by atoms with van der Waals surface area (Å²) in [7, 11) is 0. The van der Waals surface area contributed by atoms with Crippen LogP contribution in [0.1, 0.15) is 58.1 Å². The number of piperazine rings is 1. The van der Waals surface area contributed by atoms with Gasteiger partial charge in [-0.25, -0.2) is 0 Å². The number of rotatable bonds is 2. The van der Waals surface area contributed by atoms with E-state index in [1.807, 2.05) is 0 Å². The molecule has 2 aliphatic rings. The van der Waals surface area contributed by atoms with Crippen LogP contribution in [-0.2, 0) is 0 Å². The zero-order chi connectivity index (χ0) is 14.9. The van der Waals surface area contributed by atoms with Crippen LogP contribution in [0.4, 0.5) is 0 Å². The van der Waals surface area contributed by atoms with Crippen LogP contribution in [0.25, 0.3) is 0 Å². The van der Waals surface area contributed by atoms with Crippen molar-refractivity contribution in [3.8, 4) is 0 Å². The lowest BCUT2D eigenvalue weighted by molar-refractivity contribution is 0.0315. The van der Waals surface area contributed by atoms with Crippen LogP contribution in [0.5, 0.6) is 0 Å². The van der Waals surface area contributed by atoms with Crippen molar-refractivity contribution in [2.24, 2.45) is 5.92 Å². The highest BCUT2D eigenvalue weighted by Crippen LogP contribution is 2.35. The van der Waals surface area contributed by atoms with Crippen molar-refractivity contribution in [2.75, 3.05) is 13.1 Å². The molecule has 1 aromatic carbocycles. The maximum Gasteiger partial charge on any atom is 0.0476 e. The third-order valence-corrected chi connectivity index (χ3v) is 5.39. The Bertz CT molecular complexity index is 446. The monoisotopic (exact) mass is 286 g/mol. The number of hydrogen-bond donors (Lipinski definition) is 1. The van der Waals surface area contributed by atoms with E-state index in [-0.39, 0.29) is 5.54 Å². The van der Waals surface area contributed by atoms with Gasteiger partial charge < -0.3 is 5.32 Å². The molecule has 0 bridgehead atoms. The molecule has 0 amide bonds. The molecule has 1 saturated carbocycles. The zero-order valence-corrected chi connectivity index (χ0v) is 13.8. The SMILES string of the molecule is CC1CCC(N2CC(C)(C)NCC2c2ccccc2)CC1. The summed E-state index contributed by atoms with van der Waals surface area (Å²) >= 11 is 0. The summed E-state index contributed by atoms with van der Waals surface area (Å²) in [5.41, 5.74) is 1.70. The molecule has 1 N–H and O–H groups in total. The summed E-state index contributed by atoms with van der Waals surface area (Å²) in [5.74, 6) is 0.923. The van der Waals surface area contributed by atoms with Gasteiger partial charge in [-0.1, -0.05) is 37.3 Å². The third kappa shape index (κ3) is 3.49. The van der Waals surface area contributed by atoms with Gasteiger partial charge in [0.15, 0.2) is 0 Å². The Balaban J connectivity index is 1.80. The minimum atomic E-state index is 0.230. The fraction of sp³-hybridized carbons (Fsp3) is 0.684. The smallest absolute Gasteiger partial charge is 0.0476 e. The second-order valence-electron chi connectivity index (χ2n) is 7.78. The van der Waals surface area contributed by atoms with E-state index in [2.05, 4.69) is 61.3 Å². The molecule has 0 spiro atoms. The molecule has 116 valence electrons. The Kier molecular flexibility index (Phi) is 4.37. The largest absolute Gasteiger partial charge is 0.309 e. The average molecular weight is 286 g/mol. The van der Waals surface area contributed by atoms with Crippen molar-refractivity contribution in [3.63, 3.8) is 0 Å². The lowest BCUT2D eigenvalue weighted by atomic mass is 9.83. The molecule has 2 nitrogen and oxygen atoms in total. The van der Waals surface area contributed by atoms with Crippen LogP contribution in [0.2, 0.25) is 0 Å². The molecule has 1 atom stereocenters. The molecular formula is C19H30N2. The highest BCUT2D eigenvalue weighted by atomic mass is 15.3. The average Bonchev–Trinajstić information content (AvgIpc) is 2.48. The summed E-state index contributed by atoms with van der Waals surface area (Å²) in [6.45, 7) is 9.32. The zero-order valence-electron chi connectivity index (χ0n) is 13.8. The molecule has 0 radical (unpaired) electrons. The van der Waals surface area contributed by atoms with Gasteiger partial charge in [0.1, 0.15) is 0 Å². The van der Waals surface area contributed by atoms with Gasteiger partial charge in [-0.05, 0) is 51.0 Å². The summed E-state index contributed by atoms with van der Waals surface area (Å²) in [5, 5.41) is 3.74. The predicted molar refractivity (Wildman–Crippen MR) is 89.4 cm³/mol. The molecule has 1 saturated heterocycles.